The van der Waals surface area contributed by atoms with Crippen molar-refractivity contribution in [3.63, 3.8) is 0 Å². The maximum Gasteiger partial charge on any atom is 0.414 e. The number of amides is 1. The molecule has 0 aliphatic carbocycles. The van der Waals surface area contributed by atoms with Crippen molar-refractivity contribution in [1.82, 2.24) is 4.90 Å². The summed E-state index contributed by atoms with van der Waals surface area (Å²) < 4.78 is 16.2. The highest BCUT2D eigenvalue weighted by Crippen LogP contribution is 2.35. The first-order valence-electron chi connectivity index (χ1n) is 9.33. The summed E-state index contributed by atoms with van der Waals surface area (Å²) in [6.45, 7) is 4.14. The fourth-order valence-corrected chi connectivity index (χ4v) is 3.19. The Kier molecular flexibility index (Phi) is 6.19. The minimum atomic E-state index is -0.814. The molecular formula is C22H25NO5. The first kappa shape index (κ1) is 19.7. The monoisotopic (exact) mass is 383 g/mol. The number of carbonyl (C=O) groups is 2. The highest BCUT2D eigenvalue weighted by molar-refractivity contribution is 5.84. The summed E-state index contributed by atoms with van der Waals surface area (Å²) in [5.41, 5.74) is 1.57. The van der Waals surface area contributed by atoms with Gasteiger partial charge in [0.25, 0.3) is 0 Å². The summed E-state index contributed by atoms with van der Waals surface area (Å²) in [4.78, 5) is 26.8. The van der Waals surface area contributed by atoms with Gasteiger partial charge in [-0.15, -0.1) is 0 Å². The number of rotatable bonds is 6. The summed E-state index contributed by atoms with van der Waals surface area (Å²) in [6.07, 6.45) is -0.877. The zero-order chi connectivity index (χ0) is 20.1. The molecule has 0 aromatic heterocycles. The molecule has 6 heteroatoms. The van der Waals surface area contributed by atoms with Crippen LogP contribution in [0.4, 0.5) is 4.79 Å². The number of cyclic esters (lactones) is 1. The molecule has 0 saturated carbocycles. The molecule has 1 saturated heterocycles. The number of ether oxygens (including phenoxy) is 3. The minimum absolute atomic E-state index is 0.133. The Hall–Kier alpha value is -3.02. The van der Waals surface area contributed by atoms with Gasteiger partial charge in [0.1, 0.15) is 18.4 Å². The molecule has 2 aromatic rings. The van der Waals surface area contributed by atoms with Gasteiger partial charge in [0.15, 0.2) is 0 Å². The second kappa shape index (κ2) is 8.78. The molecular weight excluding hydrogens is 358 g/mol. The topological polar surface area (TPSA) is 65.1 Å². The van der Waals surface area contributed by atoms with Crippen LogP contribution in [0.15, 0.2) is 54.6 Å². The van der Waals surface area contributed by atoms with Crippen molar-refractivity contribution in [3.8, 4) is 5.75 Å². The second-order valence-corrected chi connectivity index (χ2v) is 7.16. The van der Waals surface area contributed by atoms with Crippen molar-refractivity contribution in [3.05, 3.63) is 65.7 Å². The van der Waals surface area contributed by atoms with Gasteiger partial charge in [-0.3, -0.25) is 4.90 Å². The smallest absolute Gasteiger partial charge is 0.414 e. The Morgan fingerprint density at radius 3 is 2.39 bits per heavy atom. The summed E-state index contributed by atoms with van der Waals surface area (Å²) in [7, 11) is 1.58. The van der Waals surface area contributed by atoms with E-state index in [0.717, 1.165) is 5.56 Å². The lowest BCUT2D eigenvalue weighted by Gasteiger charge is -2.26. The lowest BCUT2D eigenvalue weighted by atomic mass is 10.0. The number of hydrogen-bond acceptors (Lipinski definition) is 5. The van der Waals surface area contributed by atoms with E-state index >= 15 is 0 Å². The molecule has 6 nitrogen and oxygen atoms in total. The SMILES string of the molecule is COc1ccc([C@@H]2OC(=O)[C@H](CC(C)C)N2C(=O)OCc2ccccc2)cc1. The van der Waals surface area contributed by atoms with Gasteiger partial charge in [-0.05, 0) is 42.2 Å². The summed E-state index contributed by atoms with van der Waals surface area (Å²) in [5, 5.41) is 0. The molecule has 1 aliphatic heterocycles. The highest BCUT2D eigenvalue weighted by Gasteiger charge is 2.46. The summed E-state index contributed by atoms with van der Waals surface area (Å²) >= 11 is 0. The van der Waals surface area contributed by atoms with Crippen molar-refractivity contribution in [2.24, 2.45) is 5.92 Å². The third-order valence-electron chi connectivity index (χ3n) is 4.60. The lowest BCUT2D eigenvalue weighted by Crippen LogP contribution is -2.40. The van der Waals surface area contributed by atoms with Crippen molar-refractivity contribution in [2.45, 2.75) is 39.1 Å². The molecule has 1 heterocycles. The van der Waals surface area contributed by atoms with Crippen LogP contribution in [0.5, 0.6) is 5.75 Å². The van der Waals surface area contributed by atoms with E-state index in [9.17, 15) is 9.59 Å². The van der Waals surface area contributed by atoms with Crippen LogP contribution in [0, 0.1) is 5.92 Å². The van der Waals surface area contributed by atoms with Crippen LogP contribution in [0.2, 0.25) is 0 Å². The van der Waals surface area contributed by atoms with Gasteiger partial charge < -0.3 is 14.2 Å². The van der Waals surface area contributed by atoms with Crippen LogP contribution in [-0.4, -0.2) is 30.1 Å². The fraction of sp³-hybridized carbons (Fsp3) is 0.364. The molecule has 1 fully saturated rings. The molecule has 2 aromatic carbocycles. The quantitative estimate of drug-likeness (QED) is 0.696. The third-order valence-corrected chi connectivity index (χ3v) is 4.60. The predicted molar refractivity (Wildman–Crippen MR) is 104 cm³/mol. The van der Waals surface area contributed by atoms with E-state index in [2.05, 4.69) is 0 Å². The molecule has 0 spiro atoms. The molecule has 1 amide bonds. The van der Waals surface area contributed by atoms with Crippen LogP contribution >= 0.6 is 0 Å². The Balaban J connectivity index is 1.82. The van der Waals surface area contributed by atoms with Gasteiger partial charge in [-0.2, -0.15) is 0 Å². The van der Waals surface area contributed by atoms with E-state index in [-0.39, 0.29) is 12.5 Å². The number of benzene rings is 2. The largest absolute Gasteiger partial charge is 0.497 e. The Labute approximate surface area is 165 Å². The van der Waals surface area contributed by atoms with E-state index in [1.807, 2.05) is 44.2 Å². The number of hydrogen-bond donors (Lipinski definition) is 0. The van der Waals surface area contributed by atoms with Crippen molar-refractivity contribution < 1.29 is 23.8 Å². The van der Waals surface area contributed by atoms with Gasteiger partial charge in [-0.1, -0.05) is 44.2 Å². The van der Waals surface area contributed by atoms with Crippen LogP contribution in [-0.2, 0) is 20.9 Å². The predicted octanol–water partition coefficient (Wildman–Crippen LogP) is 4.30. The number of carbonyl (C=O) groups excluding carboxylic acids is 2. The first-order chi connectivity index (χ1) is 13.5. The van der Waals surface area contributed by atoms with Crippen molar-refractivity contribution in [2.75, 3.05) is 7.11 Å². The third kappa shape index (κ3) is 4.44. The lowest BCUT2D eigenvalue weighted by molar-refractivity contribution is -0.143. The van der Waals surface area contributed by atoms with E-state index in [1.165, 1.54) is 4.90 Å². The molecule has 148 valence electrons. The zero-order valence-corrected chi connectivity index (χ0v) is 16.3. The van der Waals surface area contributed by atoms with Gasteiger partial charge in [0.2, 0.25) is 6.23 Å². The minimum Gasteiger partial charge on any atom is -0.497 e. The normalized spacial score (nSPS) is 18.9. The van der Waals surface area contributed by atoms with E-state index in [4.69, 9.17) is 14.2 Å². The van der Waals surface area contributed by atoms with Gasteiger partial charge in [0, 0.05) is 5.56 Å². The van der Waals surface area contributed by atoms with E-state index in [0.29, 0.717) is 17.7 Å². The average molecular weight is 383 g/mol. The standard InChI is InChI=1S/C22H25NO5/c1-15(2)13-19-21(24)28-20(17-9-11-18(26-3)12-10-17)23(19)22(25)27-14-16-7-5-4-6-8-16/h4-12,15,19-20H,13-14H2,1-3H3/t19-,20-/m0/s1. The molecule has 0 N–H and O–H groups in total. The highest BCUT2D eigenvalue weighted by atomic mass is 16.6. The van der Waals surface area contributed by atoms with Gasteiger partial charge in [0.05, 0.1) is 7.11 Å². The maximum absolute atomic E-state index is 12.9. The maximum atomic E-state index is 12.9. The van der Waals surface area contributed by atoms with Crippen LogP contribution in [0.1, 0.15) is 37.6 Å². The number of methoxy groups -OCH3 is 1. The molecule has 3 rings (SSSR count). The van der Waals surface area contributed by atoms with E-state index < -0.39 is 24.3 Å². The van der Waals surface area contributed by atoms with Crippen LogP contribution in [0.25, 0.3) is 0 Å². The Morgan fingerprint density at radius 1 is 1.11 bits per heavy atom. The number of nitrogens with zero attached hydrogens (tertiary/aromatic N) is 1. The molecule has 2 atom stereocenters. The van der Waals surface area contributed by atoms with Gasteiger partial charge in [-0.25, -0.2) is 9.59 Å². The van der Waals surface area contributed by atoms with Crippen LogP contribution < -0.4 is 4.74 Å². The summed E-state index contributed by atoms with van der Waals surface area (Å²) in [5.74, 6) is 0.493. The first-order valence-corrected chi connectivity index (χ1v) is 9.33. The molecule has 0 unspecified atom stereocenters. The van der Waals surface area contributed by atoms with E-state index in [1.54, 1.807) is 31.4 Å². The molecule has 1 aliphatic rings. The molecule has 28 heavy (non-hydrogen) atoms. The van der Waals surface area contributed by atoms with Crippen LogP contribution in [0.3, 0.4) is 0 Å². The number of esters is 1. The Morgan fingerprint density at radius 2 is 1.79 bits per heavy atom. The average Bonchev–Trinajstić information content (AvgIpc) is 3.02. The Bertz CT molecular complexity index is 803. The van der Waals surface area contributed by atoms with Gasteiger partial charge >= 0.3 is 12.1 Å². The zero-order valence-electron chi connectivity index (χ0n) is 16.3. The van der Waals surface area contributed by atoms with Crippen molar-refractivity contribution >= 4 is 12.1 Å². The summed E-state index contributed by atoms with van der Waals surface area (Å²) in [6, 6.07) is 15.9. The van der Waals surface area contributed by atoms with Crippen molar-refractivity contribution in [1.29, 1.82) is 0 Å². The molecule has 0 radical (unpaired) electrons. The molecule has 0 bridgehead atoms. The fourth-order valence-electron chi connectivity index (χ4n) is 3.19. The second-order valence-electron chi connectivity index (χ2n) is 7.16.